The molecule has 41 heavy (non-hydrogen) atoms. The lowest BCUT2D eigenvalue weighted by Gasteiger charge is -2.15. The summed E-state index contributed by atoms with van der Waals surface area (Å²) in [5, 5.41) is 9.25. The van der Waals surface area contributed by atoms with Crippen LogP contribution in [0.2, 0.25) is 0 Å². The topological polar surface area (TPSA) is 127 Å². The molecule has 3 aromatic rings. The van der Waals surface area contributed by atoms with E-state index in [9.17, 15) is 14.4 Å². The molecule has 0 bridgehead atoms. The minimum Gasteiger partial charge on any atom is -0.493 e. The number of nitrogens with zero attached hydrogens (tertiary/aromatic N) is 1. The molecule has 0 aliphatic carbocycles. The molecule has 0 atom stereocenters. The molecule has 3 amide bonds. The van der Waals surface area contributed by atoms with Gasteiger partial charge in [-0.3, -0.25) is 14.4 Å². The Morgan fingerprint density at radius 3 is 2.27 bits per heavy atom. The van der Waals surface area contributed by atoms with E-state index in [-0.39, 0.29) is 12.5 Å². The highest BCUT2D eigenvalue weighted by Crippen LogP contribution is 2.33. The number of hydrogen-bond acceptors (Lipinski definition) is 7. The molecule has 214 valence electrons. The lowest BCUT2D eigenvalue weighted by molar-refractivity contribution is -0.136. The maximum atomic E-state index is 12.6. The number of aryl methyl sites for hydroxylation is 3. The number of hydrogen-bond donors (Lipinski definition) is 3. The third-order valence-corrected chi connectivity index (χ3v) is 6.41. The van der Waals surface area contributed by atoms with Crippen molar-refractivity contribution in [2.24, 2.45) is 5.10 Å². The van der Waals surface area contributed by atoms with Crippen molar-refractivity contribution in [1.82, 2.24) is 5.43 Å². The molecule has 0 heterocycles. The van der Waals surface area contributed by atoms with Gasteiger partial charge in [-0.2, -0.15) is 5.10 Å². The highest BCUT2D eigenvalue weighted by molar-refractivity contribution is 14.1. The first-order chi connectivity index (χ1) is 19.6. The molecular weight excluding hydrogens is 639 g/mol. The largest absolute Gasteiger partial charge is 0.493 e. The van der Waals surface area contributed by atoms with Crippen LogP contribution in [0.4, 0.5) is 11.4 Å². The van der Waals surface area contributed by atoms with E-state index in [2.05, 4.69) is 50.3 Å². The van der Waals surface area contributed by atoms with Gasteiger partial charge >= 0.3 is 11.8 Å². The van der Waals surface area contributed by atoms with Gasteiger partial charge in [0, 0.05) is 11.4 Å². The summed E-state index contributed by atoms with van der Waals surface area (Å²) in [6.07, 6.45) is 2.98. The highest BCUT2D eigenvalue weighted by atomic mass is 127. The molecule has 0 spiro atoms. The molecule has 0 radical (unpaired) electrons. The lowest BCUT2D eigenvalue weighted by atomic mass is 10.1. The van der Waals surface area contributed by atoms with E-state index in [0.717, 1.165) is 22.4 Å². The predicted octanol–water partition coefficient (Wildman–Crippen LogP) is 4.90. The van der Waals surface area contributed by atoms with E-state index in [4.69, 9.17) is 14.2 Å². The monoisotopic (exact) mass is 670 g/mol. The molecule has 11 heteroatoms. The molecule has 0 saturated heterocycles. The van der Waals surface area contributed by atoms with E-state index >= 15 is 0 Å². The first-order valence-corrected chi connectivity index (χ1v) is 13.5. The highest BCUT2D eigenvalue weighted by Gasteiger charge is 2.16. The molecule has 3 aromatic carbocycles. The van der Waals surface area contributed by atoms with E-state index in [1.165, 1.54) is 13.3 Å². The second-order valence-corrected chi connectivity index (χ2v) is 10.1. The summed E-state index contributed by atoms with van der Waals surface area (Å²) in [6, 6.07) is 13.9. The van der Waals surface area contributed by atoms with Gasteiger partial charge in [0.25, 0.3) is 5.91 Å². The van der Waals surface area contributed by atoms with Crippen molar-refractivity contribution >= 4 is 57.9 Å². The quantitative estimate of drug-likeness (QED) is 0.0877. The number of benzene rings is 3. The van der Waals surface area contributed by atoms with Crippen molar-refractivity contribution in [2.75, 3.05) is 31.0 Å². The summed E-state index contributed by atoms with van der Waals surface area (Å²) in [5.41, 5.74) is 7.02. The molecule has 0 saturated carbocycles. The molecular formula is C30H31IN4O6. The minimum absolute atomic E-state index is 0.220. The Bertz CT molecular complexity index is 1450. The standard InChI is InChI=1S/C30H31IN4O6/c1-6-11-40-23-9-7-22(8-10-23)33-29(37)30(38)35-32-16-21-14-24(31)28(25(15-21)39-5)41-17-26(36)34-27-19(3)12-18(2)13-20(27)4/h6-10,12-16H,1,11,17H2,2-5H3,(H,33,37)(H,34,36)(H,35,38)/b32-16-. The number of amides is 3. The SMILES string of the molecule is C=CCOc1ccc(NC(=O)C(=O)N/N=C\c2cc(I)c(OCC(=O)Nc3c(C)cc(C)cc3C)c(OC)c2)cc1. The average molecular weight is 671 g/mol. The van der Waals surface area contributed by atoms with Crippen molar-refractivity contribution in [2.45, 2.75) is 20.8 Å². The zero-order chi connectivity index (χ0) is 29.9. The molecule has 0 unspecified atom stereocenters. The fourth-order valence-corrected chi connectivity index (χ4v) is 4.62. The van der Waals surface area contributed by atoms with Gasteiger partial charge in [-0.05, 0) is 96.5 Å². The van der Waals surface area contributed by atoms with Crippen molar-refractivity contribution in [3.8, 4) is 17.2 Å². The number of halogens is 1. The third kappa shape index (κ3) is 9.07. The van der Waals surface area contributed by atoms with E-state index in [0.29, 0.717) is 38.7 Å². The summed E-state index contributed by atoms with van der Waals surface area (Å²) in [6.45, 7) is 9.61. The Morgan fingerprint density at radius 2 is 1.63 bits per heavy atom. The summed E-state index contributed by atoms with van der Waals surface area (Å²) in [4.78, 5) is 37.0. The van der Waals surface area contributed by atoms with Crippen LogP contribution in [0.1, 0.15) is 22.3 Å². The number of carbonyl (C=O) groups is 3. The molecule has 0 aliphatic heterocycles. The number of hydrazone groups is 1. The van der Waals surface area contributed by atoms with Gasteiger partial charge < -0.3 is 24.8 Å². The van der Waals surface area contributed by atoms with E-state index in [1.54, 1.807) is 42.5 Å². The summed E-state index contributed by atoms with van der Waals surface area (Å²) in [5.74, 6) is -0.761. The van der Waals surface area contributed by atoms with Crippen LogP contribution in [0.25, 0.3) is 0 Å². The number of methoxy groups -OCH3 is 1. The molecule has 10 nitrogen and oxygen atoms in total. The van der Waals surface area contributed by atoms with Gasteiger partial charge in [0.1, 0.15) is 12.4 Å². The Labute approximate surface area is 252 Å². The first-order valence-electron chi connectivity index (χ1n) is 12.5. The van der Waals surface area contributed by atoms with Crippen molar-refractivity contribution in [3.63, 3.8) is 0 Å². The van der Waals surface area contributed by atoms with Crippen LogP contribution < -0.4 is 30.3 Å². The van der Waals surface area contributed by atoms with Crippen LogP contribution in [0, 0.1) is 24.3 Å². The van der Waals surface area contributed by atoms with Gasteiger partial charge in [-0.15, -0.1) is 0 Å². The maximum absolute atomic E-state index is 12.6. The zero-order valence-electron chi connectivity index (χ0n) is 23.2. The predicted molar refractivity (Wildman–Crippen MR) is 167 cm³/mol. The molecule has 0 aromatic heterocycles. The van der Waals surface area contributed by atoms with Gasteiger partial charge in [0.05, 0.1) is 16.9 Å². The Balaban J connectivity index is 1.57. The third-order valence-electron chi connectivity index (χ3n) is 5.61. The van der Waals surface area contributed by atoms with Crippen LogP contribution in [0.5, 0.6) is 17.2 Å². The second kappa shape index (κ2) is 14.8. The molecule has 3 N–H and O–H groups in total. The number of anilines is 2. The lowest BCUT2D eigenvalue weighted by Crippen LogP contribution is -2.32. The van der Waals surface area contributed by atoms with Crippen LogP contribution in [0.15, 0.2) is 66.3 Å². The zero-order valence-corrected chi connectivity index (χ0v) is 25.3. The fourth-order valence-electron chi connectivity index (χ4n) is 3.84. The summed E-state index contributed by atoms with van der Waals surface area (Å²) in [7, 11) is 1.47. The summed E-state index contributed by atoms with van der Waals surface area (Å²) >= 11 is 2.05. The molecule has 0 aliphatic rings. The first kappa shape index (κ1) is 31.1. The number of nitrogens with one attached hydrogen (secondary N) is 3. The minimum atomic E-state index is -0.945. The van der Waals surface area contributed by atoms with Crippen molar-refractivity contribution in [3.05, 3.63) is 87.0 Å². The Hall–Kier alpha value is -4.39. The average Bonchev–Trinajstić information content (AvgIpc) is 2.93. The second-order valence-electron chi connectivity index (χ2n) is 8.92. The van der Waals surface area contributed by atoms with Crippen LogP contribution >= 0.6 is 22.6 Å². The van der Waals surface area contributed by atoms with Crippen LogP contribution in [-0.4, -0.2) is 44.3 Å². The van der Waals surface area contributed by atoms with Crippen molar-refractivity contribution in [1.29, 1.82) is 0 Å². The van der Waals surface area contributed by atoms with Gasteiger partial charge in [0.2, 0.25) is 0 Å². The van der Waals surface area contributed by atoms with E-state index < -0.39 is 11.8 Å². The fraction of sp³-hybridized carbons (Fsp3) is 0.200. The smallest absolute Gasteiger partial charge is 0.329 e. The Kier molecular flexibility index (Phi) is 11.3. The molecule has 0 fully saturated rings. The normalized spacial score (nSPS) is 10.6. The van der Waals surface area contributed by atoms with Crippen molar-refractivity contribution < 1.29 is 28.6 Å². The van der Waals surface area contributed by atoms with Gasteiger partial charge in [0.15, 0.2) is 18.1 Å². The van der Waals surface area contributed by atoms with Crippen LogP contribution in [0.3, 0.4) is 0 Å². The van der Waals surface area contributed by atoms with Gasteiger partial charge in [-0.1, -0.05) is 30.4 Å². The van der Waals surface area contributed by atoms with Gasteiger partial charge in [-0.25, -0.2) is 5.43 Å². The number of rotatable bonds is 11. The number of ether oxygens (including phenoxy) is 3. The van der Waals surface area contributed by atoms with Crippen LogP contribution in [-0.2, 0) is 14.4 Å². The number of carbonyl (C=O) groups excluding carboxylic acids is 3. The molecule has 3 rings (SSSR count). The van der Waals surface area contributed by atoms with E-state index in [1.807, 2.05) is 32.9 Å². The Morgan fingerprint density at radius 1 is 0.951 bits per heavy atom. The maximum Gasteiger partial charge on any atom is 0.329 e. The summed E-state index contributed by atoms with van der Waals surface area (Å²) < 4.78 is 17.3.